The smallest absolute Gasteiger partial charge is 0.242 e. The number of nitrogens with zero attached hydrogens (tertiary/aromatic N) is 4. The molecule has 1 aromatic carbocycles. The SMILES string of the molecule is Cc1cc2c(NCC(=O)N3CCN(c4cccc(C)c4C)CC3)ncnc2s1. The second-order valence-corrected chi connectivity index (χ2v) is 8.47. The van der Waals surface area contributed by atoms with E-state index in [1.165, 1.54) is 21.7 Å². The van der Waals surface area contributed by atoms with Crippen LogP contribution in [0.4, 0.5) is 11.5 Å². The fourth-order valence-electron chi connectivity index (χ4n) is 3.66. The molecule has 2 aromatic heterocycles. The highest BCUT2D eigenvalue weighted by Crippen LogP contribution is 2.27. The molecule has 7 heteroatoms. The molecule has 3 aromatic rings. The van der Waals surface area contributed by atoms with Gasteiger partial charge < -0.3 is 15.1 Å². The minimum absolute atomic E-state index is 0.110. The molecule has 4 rings (SSSR count). The molecule has 0 unspecified atom stereocenters. The molecule has 1 aliphatic rings. The first-order valence-corrected chi connectivity index (χ1v) is 10.4. The Morgan fingerprint density at radius 1 is 1.14 bits per heavy atom. The summed E-state index contributed by atoms with van der Waals surface area (Å²) in [5.74, 6) is 0.844. The molecule has 0 spiro atoms. The van der Waals surface area contributed by atoms with Crippen LogP contribution >= 0.6 is 11.3 Å². The first-order chi connectivity index (χ1) is 13.5. The second kappa shape index (κ2) is 7.75. The van der Waals surface area contributed by atoms with Crippen LogP contribution in [0.5, 0.6) is 0 Å². The van der Waals surface area contributed by atoms with Crippen molar-refractivity contribution in [2.75, 3.05) is 42.9 Å². The lowest BCUT2D eigenvalue weighted by atomic mass is 10.1. The maximum absolute atomic E-state index is 12.7. The van der Waals surface area contributed by atoms with Crippen LogP contribution in [0.2, 0.25) is 0 Å². The molecular weight excluding hydrogens is 370 g/mol. The molecular formula is C21H25N5OS. The number of thiophene rings is 1. The lowest BCUT2D eigenvalue weighted by Crippen LogP contribution is -2.50. The van der Waals surface area contributed by atoms with E-state index in [-0.39, 0.29) is 12.5 Å². The first kappa shape index (κ1) is 18.7. The van der Waals surface area contributed by atoms with Crippen molar-refractivity contribution in [2.45, 2.75) is 20.8 Å². The molecule has 6 nitrogen and oxygen atoms in total. The van der Waals surface area contributed by atoms with Gasteiger partial charge in [0.15, 0.2) is 0 Å². The van der Waals surface area contributed by atoms with E-state index in [9.17, 15) is 4.79 Å². The van der Waals surface area contributed by atoms with Crippen LogP contribution in [0.25, 0.3) is 10.2 Å². The number of fused-ring (bicyclic) bond motifs is 1. The van der Waals surface area contributed by atoms with Crippen molar-refractivity contribution in [3.8, 4) is 0 Å². The molecule has 3 heterocycles. The number of aromatic nitrogens is 2. The third-order valence-electron chi connectivity index (χ3n) is 5.41. The van der Waals surface area contributed by atoms with E-state index in [2.05, 4.69) is 65.2 Å². The fraction of sp³-hybridized carbons (Fsp3) is 0.381. The van der Waals surface area contributed by atoms with Gasteiger partial charge in [-0.25, -0.2) is 9.97 Å². The number of rotatable bonds is 4. The van der Waals surface area contributed by atoms with E-state index < -0.39 is 0 Å². The first-order valence-electron chi connectivity index (χ1n) is 9.57. The molecule has 0 saturated carbocycles. The number of aryl methyl sites for hydroxylation is 2. The van der Waals surface area contributed by atoms with Crippen LogP contribution in [0.1, 0.15) is 16.0 Å². The molecule has 1 amide bonds. The molecule has 28 heavy (non-hydrogen) atoms. The summed E-state index contributed by atoms with van der Waals surface area (Å²) in [6, 6.07) is 8.48. The summed E-state index contributed by atoms with van der Waals surface area (Å²) >= 11 is 1.64. The highest BCUT2D eigenvalue weighted by molar-refractivity contribution is 7.18. The molecule has 146 valence electrons. The van der Waals surface area contributed by atoms with E-state index in [1.807, 2.05) is 4.90 Å². The minimum atomic E-state index is 0.110. The van der Waals surface area contributed by atoms with Gasteiger partial charge in [-0.1, -0.05) is 12.1 Å². The molecule has 0 aliphatic carbocycles. The van der Waals surface area contributed by atoms with Crippen molar-refractivity contribution in [1.29, 1.82) is 0 Å². The number of benzene rings is 1. The van der Waals surface area contributed by atoms with Crippen molar-refractivity contribution in [1.82, 2.24) is 14.9 Å². The molecule has 0 atom stereocenters. The maximum Gasteiger partial charge on any atom is 0.242 e. The van der Waals surface area contributed by atoms with Gasteiger partial charge >= 0.3 is 0 Å². The quantitative estimate of drug-likeness (QED) is 0.734. The lowest BCUT2D eigenvalue weighted by Gasteiger charge is -2.37. The summed E-state index contributed by atoms with van der Waals surface area (Å²) in [6.07, 6.45) is 1.55. The molecule has 1 aliphatic heterocycles. The van der Waals surface area contributed by atoms with Crippen molar-refractivity contribution < 1.29 is 4.79 Å². The number of nitrogens with one attached hydrogen (secondary N) is 1. The third kappa shape index (κ3) is 3.67. The standard InChI is InChI=1S/C21H25N5OS/c1-14-5-4-6-18(16(14)3)25-7-9-26(10-8-25)19(27)12-22-20-17-11-15(2)28-21(17)24-13-23-20/h4-6,11,13H,7-10,12H2,1-3H3,(H,22,23,24). The van der Waals surface area contributed by atoms with E-state index in [1.54, 1.807) is 17.7 Å². The Hall–Kier alpha value is -2.67. The maximum atomic E-state index is 12.7. The molecule has 1 saturated heterocycles. The van der Waals surface area contributed by atoms with Crippen LogP contribution in [-0.2, 0) is 4.79 Å². The van der Waals surface area contributed by atoms with Gasteiger partial charge in [0, 0.05) is 36.7 Å². The summed E-state index contributed by atoms with van der Waals surface area (Å²) in [6.45, 7) is 9.82. The number of amides is 1. The van der Waals surface area contributed by atoms with E-state index in [0.717, 1.165) is 42.2 Å². The van der Waals surface area contributed by atoms with Gasteiger partial charge in [-0.05, 0) is 44.0 Å². The lowest BCUT2D eigenvalue weighted by molar-refractivity contribution is -0.129. The van der Waals surface area contributed by atoms with Crippen LogP contribution in [-0.4, -0.2) is 53.5 Å². The van der Waals surface area contributed by atoms with Crippen molar-refractivity contribution in [3.63, 3.8) is 0 Å². The monoisotopic (exact) mass is 395 g/mol. The summed E-state index contributed by atoms with van der Waals surface area (Å²) in [5, 5.41) is 4.19. The Kier molecular flexibility index (Phi) is 5.17. The third-order valence-corrected chi connectivity index (χ3v) is 6.37. The Bertz CT molecular complexity index is 1010. The summed E-state index contributed by atoms with van der Waals surface area (Å²) in [7, 11) is 0. The van der Waals surface area contributed by atoms with Gasteiger partial charge in [0.05, 0.1) is 11.9 Å². The van der Waals surface area contributed by atoms with Crippen molar-refractivity contribution in [2.24, 2.45) is 0 Å². The summed E-state index contributed by atoms with van der Waals surface area (Å²) in [4.78, 5) is 27.7. The van der Waals surface area contributed by atoms with E-state index >= 15 is 0 Å². The number of hydrogen-bond donors (Lipinski definition) is 1. The number of carbonyl (C=O) groups excluding carboxylic acids is 1. The topological polar surface area (TPSA) is 61.4 Å². The largest absolute Gasteiger partial charge is 0.368 e. The second-order valence-electron chi connectivity index (χ2n) is 7.24. The van der Waals surface area contributed by atoms with Crippen LogP contribution in [0.15, 0.2) is 30.6 Å². The average molecular weight is 396 g/mol. The fourth-order valence-corrected chi connectivity index (χ4v) is 4.51. The van der Waals surface area contributed by atoms with Gasteiger partial charge in [-0.15, -0.1) is 11.3 Å². The number of piperazine rings is 1. The van der Waals surface area contributed by atoms with Crippen LogP contribution in [0, 0.1) is 20.8 Å². The Balaban J connectivity index is 1.36. The normalized spacial score (nSPS) is 14.5. The van der Waals surface area contributed by atoms with E-state index in [0.29, 0.717) is 0 Å². The van der Waals surface area contributed by atoms with Crippen LogP contribution < -0.4 is 10.2 Å². The minimum Gasteiger partial charge on any atom is -0.368 e. The number of carbonyl (C=O) groups is 1. The number of hydrogen-bond acceptors (Lipinski definition) is 6. The van der Waals surface area contributed by atoms with E-state index in [4.69, 9.17) is 0 Å². The summed E-state index contributed by atoms with van der Waals surface area (Å²) < 4.78 is 0. The van der Waals surface area contributed by atoms with Crippen molar-refractivity contribution >= 4 is 39.0 Å². The zero-order valence-corrected chi connectivity index (χ0v) is 17.3. The van der Waals surface area contributed by atoms with Gasteiger partial charge in [0.1, 0.15) is 17.0 Å². The molecule has 1 fully saturated rings. The number of anilines is 2. The Morgan fingerprint density at radius 2 is 1.93 bits per heavy atom. The van der Waals surface area contributed by atoms with Gasteiger partial charge in [-0.2, -0.15) is 0 Å². The van der Waals surface area contributed by atoms with Gasteiger partial charge in [0.25, 0.3) is 0 Å². The molecule has 0 bridgehead atoms. The zero-order chi connectivity index (χ0) is 19.7. The van der Waals surface area contributed by atoms with Crippen molar-refractivity contribution in [3.05, 3.63) is 46.6 Å². The highest BCUT2D eigenvalue weighted by Gasteiger charge is 2.22. The van der Waals surface area contributed by atoms with Gasteiger partial charge in [0.2, 0.25) is 5.91 Å². The summed E-state index contributed by atoms with van der Waals surface area (Å²) in [5.41, 5.74) is 3.91. The zero-order valence-electron chi connectivity index (χ0n) is 16.5. The molecule has 1 N–H and O–H groups in total. The highest BCUT2D eigenvalue weighted by atomic mass is 32.1. The van der Waals surface area contributed by atoms with Crippen LogP contribution in [0.3, 0.4) is 0 Å². The average Bonchev–Trinajstić information content (AvgIpc) is 3.09. The Morgan fingerprint density at radius 3 is 2.71 bits per heavy atom. The predicted molar refractivity (Wildman–Crippen MR) is 115 cm³/mol. The predicted octanol–water partition coefficient (Wildman–Crippen LogP) is 3.38. The molecule has 0 radical (unpaired) electrons. The Labute approximate surface area is 169 Å². The van der Waals surface area contributed by atoms with Gasteiger partial charge in [-0.3, -0.25) is 4.79 Å².